The van der Waals surface area contributed by atoms with Crippen molar-refractivity contribution in [2.75, 3.05) is 5.73 Å². The largest absolute Gasteiger partial charge is 0.380 e. The zero-order chi connectivity index (χ0) is 10.1. The molecule has 2 aromatic rings. The maximum atomic E-state index is 13.3. The fraction of sp³-hybridized carbons (Fsp3) is 0.111. The Morgan fingerprint density at radius 1 is 1.50 bits per heavy atom. The Hall–Kier alpha value is -1.91. The molecule has 0 aliphatic rings. The van der Waals surface area contributed by atoms with Crippen molar-refractivity contribution in [3.8, 4) is 11.3 Å². The van der Waals surface area contributed by atoms with Crippen LogP contribution in [0.25, 0.3) is 11.3 Å². The zero-order valence-corrected chi connectivity index (χ0v) is 7.58. The van der Waals surface area contributed by atoms with Gasteiger partial charge in [0.25, 0.3) is 0 Å². The molecule has 0 saturated carbocycles. The Kier molecular flexibility index (Phi) is 1.92. The van der Waals surface area contributed by atoms with Crippen LogP contribution in [0.1, 0.15) is 5.69 Å². The van der Waals surface area contributed by atoms with Gasteiger partial charge in [0.15, 0.2) is 11.6 Å². The summed E-state index contributed by atoms with van der Waals surface area (Å²) in [6, 6.07) is 3.46. The molecule has 14 heavy (non-hydrogen) atoms. The zero-order valence-electron chi connectivity index (χ0n) is 7.58. The minimum atomic E-state index is -0.518. The van der Waals surface area contributed by atoms with Crippen molar-refractivity contribution >= 4 is 5.82 Å². The van der Waals surface area contributed by atoms with Crippen LogP contribution in [0.5, 0.6) is 0 Å². The second kappa shape index (κ2) is 3.10. The first-order chi connectivity index (χ1) is 6.68. The molecule has 2 rings (SSSR count). The quantitative estimate of drug-likeness (QED) is 0.719. The standard InChI is InChI=1S/C9H9FN4/c1-5-4-6(2-3-12-5)8-7(10)9(11)14-13-8/h2-4H,1H3,(H3,11,13,14). The van der Waals surface area contributed by atoms with Gasteiger partial charge < -0.3 is 5.73 Å². The van der Waals surface area contributed by atoms with Crippen molar-refractivity contribution in [2.45, 2.75) is 6.92 Å². The first-order valence-corrected chi connectivity index (χ1v) is 4.11. The highest BCUT2D eigenvalue weighted by Crippen LogP contribution is 2.23. The van der Waals surface area contributed by atoms with E-state index < -0.39 is 5.82 Å². The molecule has 3 N–H and O–H groups in total. The van der Waals surface area contributed by atoms with Gasteiger partial charge in [-0.3, -0.25) is 10.1 Å². The van der Waals surface area contributed by atoms with Crippen molar-refractivity contribution < 1.29 is 4.39 Å². The Balaban J connectivity index is 2.55. The number of pyridine rings is 1. The molecule has 2 heterocycles. The van der Waals surface area contributed by atoms with Crippen LogP contribution in [-0.2, 0) is 0 Å². The van der Waals surface area contributed by atoms with Gasteiger partial charge >= 0.3 is 0 Å². The second-order valence-electron chi connectivity index (χ2n) is 2.98. The van der Waals surface area contributed by atoms with E-state index in [4.69, 9.17) is 5.73 Å². The molecular weight excluding hydrogens is 183 g/mol. The third-order valence-electron chi connectivity index (χ3n) is 1.92. The number of nitrogen functional groups attached to an aromatic ring is 1. The summed E-state index contributed by atoms with van der Waals surface area (Å²) < 4.78 is 13.3. The van der Waals surface area contributed by atoms with Crippen LogP contribution in [0, 0.1) is 12.7 Å². The van der Waals surface area contributed by atoms with E-state index in [-0.39, 0.29) is 5.82 Å². The van der Waals surface area contributed by atoms with E-state index in [1.807, 2.05) is 6.92 Å². The normalized spacial score (nSPS) is 10.4. The number of rotatable bonds is 1. The fourth-order valence-electron chi connectivity index (χ4n) is 1.23. The molecule has 72 valence electrons. The number of anilines is 1. The molecule has 0 atom stereocenters. The maximum Gasteiger partial charge on any atom is 0.192 e. The van der Waals surface area contributed by atoms with Crippen molar-refractivity contribution in [3.63, 3.8) is 0 Å². The van der Waals surface area contributed by atoms with Crippen LogP contribution in [0.4, 0.5) is 10.2 Å². The monoisotopic (exact) mass is 192 g/mol. The molecule has 0 fully saturated rings. The molecule has 0 aliphatic carbocycles. The minimum absolute atomic E-state index is 0.116. The highest BCUT2D eigenvalue weighted by atomic mass is 19.1. The van der Waals surface area contributed by atoms with Crippen molar-refractivity contribution in [1.29, 1.82) is 0 Å². The van der Waals surface area contributed by atoms with Gasteiger partial charge in [-0.1, -0.05) is 0 Å². The van der Waals surface area contributed by atoms with Crippen LogP contribution in [0.15, 0.2) is 18.3 Å². The number of hydrogen-bond donors (Lipinski definition) is 2. The lowest BCUT2D eigenvalue weighted by Crippen LogP contribution is -1.88. The molecule has 0 unspecified atom stereocenters. The molecular formula is C9H9FN4. The topological polar surface area (TPSA) is 67.6 Å². The van der Waals surface area contributed by atoms with E-state index in [1.54, 1.807) is 18.3 Å². The number of nitrogens with one attached hydrogen (secondary N) is 1. The van der Waals surface area contributed by atoms with Crippen molar-refractivity contribution in [3.05, 3.63) is 29.8 Å². The van der Waals surface area contributed by atoms with Crippen LogP contribution in [0.2, 0.25) is 0 Å². The van der Waals surface area contributed by atoms with E-state index >= 15 is 0 Å². The number of H-pyrrole nitrogens is 1. The van der Waals surface area contributed by atoms with E-state index in [0.29, 0.717) is 11.3 Å². The summed E-state index contributed by atoms with van der Waals surface area (Å²) in [5.41, 5.74) is 7.09. The van der Waals surface area contributed by atoms with E-state index in [1.165, 1.54) is 0 Å². The maximum absolute atomic E-state index is 13.3. The van der Waals surface area contributed by atoms with Gasteiger partial charge in [0.1, 0.15) is 5.69 Å². The highest BCUT2D eigenvalue weighted by molar-refractivity contribution is 5.62. The van der Waals surface area contributed by atoms with Gasteiger partial charge in [-0.05, 0) is 19.1 Å². The number of aromatic amines is 1. The average Bonchev–Trinajstić information content (AvgIpc) is 2.48. The summed E-state index contributed by atoms with van der Waals surface area (Å²) in [4.78, 5) is 4.01. The first-order valence-electron chi connectivity index (χ1n) is 4.11. The molecule has 0 saturated heterocycles. The third kappa shape index (κ3) is 1.32. The number of nitrogens with two attached hydrogens (primary N) is 1. The minimum Gasteiger partial charge on any atom is -0.380 e. The fourth-order valence-corrected chi connectivity index (χ4v) is 1.23. The van der Waals surface area contributed by atoms with E-state index in [0.717, 1.165) is 5.69 Å². The van der Waals surface area contributed by atoms with E-state index in [9.17, 15) is 4.39 Å². The van der Waals surface area contributed by atoms with Crippen molar-refractivity contribution in [2.24, 2.45) is 0 Å². The summed E-state index contributed by atoms with van der Waals surface area (Å²) in [5.74, 6) is -0.634. The van der Waals surface area contributed by atoms with Crippen molar-refractivity contribution in [1.82, 2.24) is 15.2 Å². The lowest BCUT2D eigenvalue weighted by Gasteiger charge is -1.98. The Morgan fingerprint density at radius 2 is 2.29 bits per heavy atom. The molecule has 0 aliphatic heterocycles. The van der Waals surface area contributed by atoms with Gasteiger partial charge in [-0.25, -0.2) is 4.39 Å². The molecule has 0 amide bonds. The molecule has 5 heteroatoms. The van der Waals surface area contributed by atoms with Gasteiger partial charge in [-0.2, -0.15) is 5.10 Å². The third-order valence-corrected chi connectivity index (χ3v) is 1.92. The highest BCUT2D eigenvalue weighted by Gasteiger charge is 2.11. The number of nitrogens with zero attached hydrogens (tertiary/aromatic N) is 2. The Morgan fingerprint density at radius 3 is 2.86 bits per heavy atom. The van der Waals surface area contributed by atoms with Crippen LogP contribution < -0.4 is 5.73 Å². The second-order valence-corrected chi connectivity index (χ2v) is 2.98. The average molecular weight is 192 g/mol. The number of aromatic nitrogens is 3. The SMILES string of the molecule is Cc1cc(-c2[nH]nc(N)c2F)ccn1. The van der Waals surface area contributed by atoms with Gasteiger partial charge in [0.2, 0.25) is 0 Å². The lowest BCUT2D eigenvalue weighted by molar-refractivity contribution is 0.636. The van der Waals surface area contributed by atoms with Gasteiger partial charge in [0, 0.05) is 17.5 Å². The Labute approximate surface area is 80.0 Å². The molecule has 4 nitrogen and oxygen atoms in total. The predicted molar refractivity (Wildman–Crippen MR) is 50.9 cm³/mol. The first kappa shape index (κ1) is 8.68. The van der Waals surface area contributed by atoms with Gasteiger partial charge in [-0.15, -0.1) is 0 Å². The molecule has 2 aromatic heterocycles. The van der Waals surface area contributed by atoms with E-state index in [2.05, 4.69) is 15.2 Å². The van der Waals surface area contributed by atoms with Crippen LogP contribution in [-0.4, -0.2) is 15.2 Å². The Bertz CT molecular complexity index is 464. The number of aryl methyl sites for hydroxylation is 1. The lowest BCUT2D eigenvalue weighted by atomic mass is 10.1. The molecule has 0 radical (unpaired) electrons. The van der Waals surface area contributed by atoms with Gasteiger partial charge in [0.05, 0.1) is 0 Å². The predicted octanol–water partition coefficient (Wildman–Crippen LogP) is 1.50. The van der Waals surface area contributed by atoms with Crippen LogP contribution >= 0.6 is 0 Å². The summed E-state index contributed by atoms with van der Waals surface area (Å²) in [6.07, 6.45) is 1.61. The molecule has 0 bridgehead atoms. The summed E-state index contributed by atoms with van der Waals surface area (Å²) in [7, 11) is 0. The molecule has 0 spiro atoms. The summed E-state index contributed by atoms with van der Waals surface area (Å²) in [6.45, 7) is 1.83. The molecule has 0 aromatic carbocycles. The smallest absolute Gasteiger partial charge is 0.192 e. The number of hydrogen-bond acceptors (Lipinski definition) is 3. The van der Waals surface area contributed by atoms with Crippen LogP contribution in [0.3, 0.4) is 0 Å². The summed E-state index contributed by atoms with van der Waals surface area (Å²) >= 11 is 0. The number of halogens is 1. The summed E-state index contributed by atoms with van der Waals surface area (Å²) in [5, 5.41) is 6.12.